The fourth-order valence-corrected chi connectivity index (χ4v) is 1.62. The van der Waals surface area contributed by atoms with Crippen molar-refractivity contribution in [2.75, 3.05) is 0 Å². The van der Waals surface area contributed by atoms with Crippen LogP contribution < -0.4 is 10.5 Å². The van der Waals surface area contributed by atoms with Crippen LogP contribution in [0, 0.1) is 0 Å². The summed E-state index contributed by atoms with van der Waals surface area (Å²) in [6.07, 6.45) is 5.34. The fourth-order valence-electron chi connectivity index (χ4n) is 1.11. The van der Waals surface area contributed by atoms with Gasteiger partial charge in [0.25, 0.3) is 5.91 Å². The quantitative estimate of drug-likeness (QED) is 0.891. The highest BCUT2D eigenvalue weighted by Gasteiger charge is 2.26. The molecule has 0 aliphatic heterocycles. The zero-order valence-corrected chi connectivity index (χ0v) is 8.95. The Hall–Kier alpha value is -1.10. The minimum absolute atomic E-state index is 0.226. The lowest BCUT2D eigenvalue weighted by Gasteiger charge is -2.08. The van der Waals surface area contributed by atoms with E-state index in [4.69, 9.17) is 10.5 Å². The van der Waals surface area contributed by atoms with Crippen molar-refractivity contribution < 1.29 is 9.53 Å². The van der Waals surface area contributed by atoms with Crippen molar-refractivity contribution in [3.8, 4) is 5.75 Å². The second-order valence-corrected chi connectivity index (χ2v) is 4.03. The van der Waals surface area contributed by atoms with E-state index in [-0.39, 0.29) is 6.10 Å². The number of nitrogens with zero attached hydrogens (tertiary/aromatic N) is 1. The molecule has 1 heterocycles. The normalized spacial score (nSPS) is 15.2. The molecular weight excluding hydrogens is 248 g/mol. The summed E-state index contributed by atoms with van der Waals surface area (Å²) in [6, 6.07) is 0. The number of aromatic nitrogens is 1. The first kappa shape index (κ1) is 9.45. The summed E-state index contributed by atoms with van der Waals surface area (Å²) < 4.78 is 6.08. The summed E-state index contributed by atoms with van der Waals surface area (Å²) >= 11 is 3.21. The third-order valence-electron chi connectivity index (χ3n) is 1.93. The lowest BCUT2D eigenvalue weighted by Crippen LogP contribution is -2.14. The number of hydrogen-bond acceptors (Lipinski definition) is 3. The molecule has 74 valence electrons. The topological polar surface area (TPSA) is 65.2 Å². The van der Waals surface area contributed by atoms with E-state index in [1.165, 1.54) is 12.4 Å². The molecule has 2 rings (SSSR count). The first-order chi connectivity index (χ1) is 6.68. The minimum atomic E-state index is -0.505. The van der Waals surface area contributed by atoms with Gasteiger partial charge in [-0.05, 0) is 28.8 Å². The monoisotopic (exact) mass is 256 g/mol. The molecule has 0 spiro atoms. The van der Waals surface area contributed by atoms with Crippen LogP contribution in [-0.2, 0) is 0 Å². The second kappa shape index (κ2) is 3.57. The summed E-state index contributed by atoms with van der Waals surface area (Å²) in [5.74, 6) is -0.0377. The molecule has 0 bridgehead atoms. The molecule has 0 atom stereocenters. The molecule has 1 fully saturated rings. The van der Waals surface area contributed by atoms with Gasteiger partial charge in [-0.3, -0.25) is 9.78 Å². The Kier molecular flexibility index (Phi) is 2.41. The van der Waals surface area contributed by atoms with Crippen molar-refractivity contribution in [1.29, 1.82) is 0 Å². The Morgan fingerprint density at radius 1 is 1.57 bits per heavy atom. The van der Waals surface area contributed by atoms with Gasteiger partial charge in [0, 0.05) is 6.20 Å². The Labute approximate surface area is 89.6 Å². The average molecular weight is 257 g/mol. The van der Waals surface area contributed by atoms with Crippen LogP contribution in [0.1, 0.15) is 23.2 Å². The SMILES string of the molecule is NC(=O)c1c(Br)cncc1OC1CC1. The van der Waals surface area contributed by atoms with Gasteiger partial charge in [-0.2, -0.15) is 0 Å². The Morgan fingerprint density at radius 3 is 2.86 bits per heavy atom. The van der Waals surface area contributed by atoms with Crippen LogP contribution in [0.25, 0.3) is 0 Å². The summed E-state index contributed by atoms with van der Waals surface area (Å²) in [7, 11) is 0. The van der Waals surface area contributed by atoms with Crippen molar-refractivity contribution >= 4 is 21.8 Å². The van der Waals surface area contributed by atoms with Gasteiger partial charge in [-0.1, -0.05) is 0 Å². The zero-order valence-electron chi connectivity index (χ0n) is 7.37. The summed E-state index contributed by atoms with van der Waals surface area (Å²) in [4.78, 5) is 15.1. The Morgan fingerprint density at radius 2 is 2.29 bits per heavy atom. The number of hydrogen-bond donors (Lipinski definition) is 1. The van der Waals surface area contributed by atoms with E-state index >= 15 is 0 Å². The number of primary amides is 1. The molecule has 1 aliphatic rings. The van der Waals surface area contributed by atoms with Crippen LogP contribution in [0.5, 0.6) is 5.75 Å². The number of carbonyl (C=O) groups is 1. The van der Waals surface area contributed by atoms with E-state index in [2.05, 4.69) is 20.9 Å². The van der Waals surface area contributed by atoms with Crippen molar-refractivity contribution in [3.05, 3.63) is 22.4 Å². The van der Waals surface area contributed by atoms with Crippen LogP contribution in [0.15, 0.2) is 16.9 Å². The van der Waals surface area contributed by atoms with E-state index in [9.17, 15) is 4.79 Å². The third-order valence-corrected chi connectivity index (χ3v) is 2.53. The first-order valence-electron chi connectivity index (χ1n) is 4.28. The van der Waals surface area contributed by atoms with Crippen molar-refractivity contribution in [3.63, 3.8) is 0 Å². The van der Waals surface area contributed by atoms with Crippen LogP contribution in [0.3, 0.4) is 0 Å². The van der Waals surface area contributed by atoms with E-state index in [0.29, 0.717) is 15.8 Å². The molecule has 2 N–H and O–H groups in total. The molecule has 1 saturated carbocycles. The molecule has 0 saturated heterocycles. The van der Waals surface area contributed by atoms with Gasteiger partial charge in [0.2, 0.25) is 0 Å². The number of nitrogens with two attached hydrogens (primary N) is 1. The third kappa shape index (κ3) is 1.87. The average Bonchev–Trinajstić information content (AvgIpc) is 2.87. The van der Waals surface area contributed by atoms with Gasteiger partial charge < -0.3 is 10.5 Å². The van der Waals surface area contributed by atoms with Gasteiger partial charge in [-0.25, -0.2) is 0 Å². The van der Waals surface area contributed by atoms with Gasteiger partial charge in [0.1, 0.15) is 0 Å². The number of ether oxygens (including phenoxy) is 1. The summed E-state index contributed by atoms with van der Waals surface area (Å²) in [5, 5.41) is 0. The minimum Gasteiger partial charge on any atom is -0.488 e. The van der Waals surface area contributed by atoms with Crippen LogP contribution in [-0.4, -0.2) is 17.0 Å². The Balaban J connectivity index is 2.35. The molecule has 0 radical (unpaired) electrons. The molecule has 1 aromatic rings. The predicted molar refractivity (Wildman–Crippen MR) is 54.1 cm³/mol. The van der Waals surface area contributed by atoms with Crippen molar-refractivity contribution in [2.45, 2.75) is 18.9 Å². The lowest BCUT2D eigenvalue weighted by atomic mass is 10.2. The highest BCUT2D eigenvalue weighted by atomic mass is 79.9. The summed E-state index contributed by atoms with van der Waals surface area (Å²) in [5.41, 5.74) is 5.60. The van der Waals surface area contributed by atoms with E-state index in [0.717, 1.165) is 12.8 Å². The van der Waals surface area contributed by atoms with Gasteiger partial charge in [0.05, 0.1) is 22.3 Å². The van der Waals surface area contributed by atoms with Crippen LogP contribution >= 0.6 is 15.9 Å². The van der Waals surface area contributed by atoms with Crippen LogP contribution in [0.4, 0.5) is 0 Å². The maximum atomic E-state index is 11.1. The zero-order chi connectivity index (χ0) is 10.1. The number of carbonyl (C=O) groups excluding carboxylic acids is 1. The molecule has 1 aromatic heterocycles. The lowest BCUT2D eigenvalue weighted by molar-refractivity contribution is 0.0995. The fraction of sp³-hybridized carbons (Fsp3) is 0.333. The molecule has 0 unspecified atom stereocenters. The maximum Gasteiger partial charge on any atom is 0.253 e. The number of halogens is 1. The van der Waals surface area contributed by atoms with Gasteiger partial charge in [-0.15, -0.1) is 0 Å². The number of amides is 1. The predicted octanol–water partition coefficient (Wildman–Crippen LogP) is 1.48. The Bertz CT molecular complexity index is 377. The van der Waals surface area contributed by atoms with E-state index < -0.39 is 5.91 Å². The smallest absolute Gasteiger partial charge is 0.253 e. The van der Waals surface area contributed by atoms with Crippen molar-refractivity contribution in [2.24, 2.45) is 5.73 Å². The largest absolute Gasteiger partial charge is 0.488 e. The second-order valence-electron chi connectivity index (χ2n) is 3.18. The first-order valence-corrected chi connectivity index (χ1v) is 5.07. The molecule has 4 nitrogen and oxygen atoms in total. The van der Waals surface area contributed by atoms with Crippen LogP contribution in [0.2, 0.25) is 0 Å². The highest BCUT2D eigenvalue weighted by Crippen LogP contribution is 2.31. The molecule has 1 aliphatic carbocycles. The van der Waals surface area contributed by atoms with E-state index in [1.54, 1.807) is 0 Å². The van der Waals surface area contributed by atoms with Gasteiger partial charge >= 0.3 is 0 Å². The molecule has 1 amide bonds. The summed E-state index contributed by atoms with van der Waals surface area (Å²) in [6.45, 7) is 0. The molecule has 0 aromatic carbocycles. The number of pyridine rings is 1. The highest BCUT2D eigenvalue weighted by molar-refractivity contribution is 9.10. The van der Waals surface area contributed by atoms with Gasteiger partial charge in [0.15, 0.2) is 5.75 Å². The molecule has 5 heteroatoms. The van der Waals surface area contributed by atoms with Crippen molar-refractivity contribution in [1.82, 2.24) is 4.98 Å². The maximum absolute atomic E-state index is 11.1. The standard InChI is InChI=1S/C9H9BrN2O2/c10-6-3-12-4-7(8(6)9(11)13)14-5-1-2-5/h3-5H,1-2H2,(H2,11,13). The molecule has 14 heavy (non-hydrogen) atoms. The van der Waals surface area contributed by atoms with E-state index in [1.807, 2.05) is 0 Å². The molecular formula is C9H9BrN2O2. The number of rotatable bonds is 3.